The fraction of sp³-hybridized carbons (Fsp3) is 0.941. The normalized spacial score (nSPS) is 12.5. The number of allylic oxidation sites excluding steroid dienone is 2. The zero-order valence-electron chi connectivity index (χ0n) is 50.4. The van der Waals surface area contributed by atoms with E-state index >= 15 is 0 Å². The van der Waals surface area contributed by atoms with Gasteiger partial charge in [0.1, 0.15) is 0 Å². The number of ether oxygens (including phenoxy) is 1. The molecule has 0 heterocycles. The van der Waals surface area contributed by atoms with Gasteiger partial charge in [0.05, 0.1) is 25.4 Å². The minimum atomic E-state index is -0.669. The number of unbranched alkanes of at least 4 members (excludes halogenated alkanes) is 51. The van der Waals surface area contributed by atoms with Crippen LogP contribution in [0.25, 0.3) is 0 Å². The maximum atomic E-state index is 12.5. The topological polar surface area (TPSA) is 95.9 Å². The number of aliphatic hydroxyl groups is 2. The molecule has 0 aliphatic rings. The Kier molecular flexibility index (Phi) is 62.9. The van der Waals surface area contributed by atoms with Crippen LogP contribution in [0.2, 0.25) is 0 Å². The Balaban J connectivity index is 3.40. The summed E-state index contributed by atoms with van der Waals surface area (Å²) in [5.74, 6) is -0.0253. The van der Waals surface area contributed by atoms with Gasteiger partial charge >= 0.3 is 5.97 Å². The van der Waals surface area contributed by atoms with Crippen LogP contribution in [0.3, 0.4) is 0 Å². The molecular formula is C68H133NO5. The predicted octanol–water partition coefficient (Wildman–Crippen LogP) is 21.6. The molecule has 0 aromatic heterocycles. The molecule has 0 aromatic carbocycles. The molecule has 74 heavy (non-hydrogen) atoms. The third-order valence-electron chi connectivity index (χ3n) is 16.1. The van der Waals surface area contributed by atoms with Crippen LogP contribution in [0.1, 0.15) is 386 Å². The van der Waals surface area contributed by atoms with Gasteiger partial charge in [-0.3, -0.25) is 9.59 Å². The van der Waals surface area contributed by atoms with Crippen LogP contribution in [0.4, 0.5) is 0 Å². The smallest absolute Gasteiger partial charge is 0.305 e. The average Bonchev–Trinajstić information content (AvgIpc) is 3.40. The molecule has 0 rings (SSSR count). The lowest BCUT2D eigenvalue weighted by Crippen LogP contribution is -2.45. The highest BCUT2D eigenvalue weighted by molar-refractivity contribution is 5.76. The molecule has 0 radical (unpaired) electrons. The highest BCUT2D eigenvalue weighted by Gasteiger charge is 2.20. The highest BCUT2D eigenvalue weighted by Crippen LogP contribution is 2.19. The molecule has 3 N–H and O–H groups in total. The largest absolute Gasteiger partial charge is 0.466 e. The fourth-order valence-corrected chi connectivity index (χ4v) is 10.9. The Hall–Kier alpha value is -1.40. The number of rotatable bonds is 64. The summed E-state index contributed by atoms with van der Waals surface area (Å²) in [6, 6.07) is -0.547. The number of esters is 1. The van der Waals surface area contributed by atoms with Crippen molar-refractivity contribution in [3.8, 4) is 0 Å². The van der Waals surface area contributed by atoms with Crippen LogP contribution in [-0.2, 0) is 14.3 Å². The maximum Gasteiger partial charge on any atom is 0.305 e. The summed E-state index contributed by atoms with van der Waals surface area (Å²) in [6.07, 6.45) is 78.1. The van der Waals surface area contributed by atoms with Gasteiger partial charge in [-0.1, -0.05) is 334 Å². The highest BCUT2D eigenvalue weighted by atomic mass is 16.5. The molecule has 6 heteroatoms. The molecule has 2 atom stereocenters. The molecule has 6 nitrogen and oxygen atoms in total. The number of hydrogen-bond donors (Lipinski definition) is 3. The van der Waals surface area contributed by atoms with Gasteiger partial charge in [0.2, 0.25) is 5.91 Å². The lowest BCUT2D eigenvalue weighted by Gasteiger charge is -2.22. The third-order valence-corrected chi connectivity index (χ3v) is 16.1. The number of nitrogens with one attached hydrogen (secondary N) is 1. The first kappa shape index (κ1) is 72.6. The summed E-state index contributed by atoms with van der Waals surface area (Å²) in [5, 5.41) is 23.4. The molecule has 0 bridgehead atoms. The number of hydrogen-bond acceptors (Lipinski definition) is 5. The summed E-state index contributed by atoms with van der Waals surface area (Å²) < 4.78 is 5.50. The monoisotopic (exact) mass is 1040 g/mol. The zero-order chi connectivity index (χ0) is 53.6. The van der Waals surface area contributed by atoms with Crippen LogP contribution in [-0.4, -0.2) is 47.4 Å². The summed E-state index contributed by atoms with van der Waals surface area (Å²) in [7, 11) is 0. The van der Waals surface area contributed by atoms with Gasteiger partial charge in [0.25, 0.3) is 0 Å². The van der Waals surface area contributed by atoms with Gasteiger partial charge in [0.15, 0.2) is 0 Å². The summed E-state index contributed by atoms with van der Waals surface area (Å²) in [5.41, 5.74) is 0. The minimum absolute atomic E-state index is 0.0133. The molecule has 0 saturated heterocycles. The molecule has 1 amide bonds. The first-order valence-electron chi connectivity index (χ1n) is 33.9. The van der Waals surface area contributed by atoms with Crippen LogP contribution in [0.5, 0.6) is 0 Å². The van der Waals surface area contributed by atoms with Gasteiger partial charge in [-0.05, 0) is 51.4 Å². The van der Waals surface area contributed by atoms with Crippen molar-refractivity contribution in [3.63, 3.8) is 0 Å². The van der Waals surface area contributed by atoms with Crippen molar-refractivity contribution in [2.24, 2.45) is 0 Å². The Bertz CT molecular complexity index is 1110. The van der Waals surface area contributed by atoms with E-state index in [-0.39, 0.29) is 18.5 Å². The quantitative estimate of drug-likeness (QED) is 0.0320. The van der Waals surface area contributed by atoms with Crippen molar-refractivity contribution < 1.29 is 24.5 Å². The molecule has 0 aliphatic heterocycles. The van der Waals surface area contributed by atoms with E-state index in [1.54, 1.807) is 0 Å². The van der Waals surface area contributed by atoms with Crippen molar-refractivity contribution >= 4 is 11.9 Å². The zero-order valence-corrected chi connectivity index (χ0v) is 50.4. The summed E-state index contributed by atoms with van der Waals surface area (Å²) in [6.45, 7) is 4.99. The fourth-order valence-electron chi connectivity index (χ4n) is 10.9. The van der Waals surface area contributed by atoms with Gasteiger partial charge in [0, 0.05) is 12.8 Å². The van der Waals surface area contributed by atoms with Crippen LogP contribution >= 0.6 is 0 Å². The SMILES string of the molecule is CCCCCCCCCCCCCCCCCCCCCC(O)C(CO)NC(=O)CCCCCCCCC/C=C\CCCCCCCCCCCCOC(=O)CCCCCCCCCCCCCCCCCCC. The van der Waals surface area contributed by atoms with E-state index in [9.17, 15) is 19.8 Å². The van der Waals surface area contributed by atoms with E-state index in [0.717, 1.165) is 38.5 Å². The van der Waals surface area contributed by atoms with Gasteiger partial charge in [-0.15, -0.1) is 0 Å². The predicted molar refractivity (Wildman–Crippen MR) is 324 cm³/mol. The molecule has 0 spiro atoms. The Morgan fingerprint density at radius 3 is 0.959 bits per heavy atom. The Labute approximate surface area is 463 Å². The lowest BCUT2D eigenvalue weighted by atomic mass is 10.0. The standard InChI is InChI=1S/C68H133NO5/c1-3-5-7-9-11-13-15-17-19-21-25-29-32-36-40-44-48-52-56-60-66(71)65(64-70)69-67(72)61-57-53-49-45-41-37-33-30-26-23-22-24-27-31-35-39-43-47-51-55-59-63-74-68(73)62-58-54-50-46-42-38-34-28-20-18-16-14-12-10-8-6-4-2/h23,26,65-66,70-71H,3-22,24-25,27-64H2,1-2H3,(H,69,72)/b26-23-. The van der Waals surface area contributed by atoms with Crippen LogP contribution in [0.15, 0.2) is 12.2 Å². The summed E-state index contributed by atoms with van der Waals surface area (Å²) in [4.78, 5) is 24.6. The van der Waals surface area contributed by atoms with E-state index in [1.807, 2.05) is 0 Å². The second-order valence-corrected chi connectivity index (χ2v) is 23.5. The molecular weight excluding hydrogens is 911 g/mol. The van der Waals surface area contributed by atoms with E-state index in [1.165, 1.54) is 315 Å². The number of aliphatic hydroxyl groups excluding tert-OH is 2. The second-order valence-electron chi connectivity index (χ2n) is 23.5. The van der Waals surface area contributed by atoms with Gasteiger partial charge in [-0.2, -0.15) is 0 Å². The van der Waals surface area contributed by atoms with Crippen molar-refractivity contribution in [2.75, 3.05) is 13.2 Å². The first-order chi connectivity index (χ1) is 36.5. The second kappa shape index (κ2) is 64.1. The molecule has 0 fully saturated rings. The molecule has 0 aliphatic carbocycles. The van der Waals surface area contributed by atoms with Crippen molar-refractivity contribution in [1.82, 2.24) is 5.32 Å². The number of carbonyl (C=O) groups excluding carboxylic acids is 2. The number of carbonyl (C=O) groups is 2. The molecule has 0 aromatic rings. The third kappa shape index (κ3) is 59.8. The molecule has 440 valence electrons. The first-order valence-corrected chi connectivity index (χ1v) is 33.9. The van der Waals surface area contributed by atoms with E-state index < -0.39 is 12.1 Å². The molecule has 2 unspecified atom stereocenters. The average molecular weight is 1040 g/mol. The van der Waals surface area contributed by atoms with E-state index in [4.69, 9.17) is 4.74 Å². The van der Waals surface area contributed by atoms with Crippen molar-refractivity contribution in [3.05, 3.63) is 12.2 Å². The van der Waals surface area contributed by atoms with Gasteiger partial charge < -0.3 is 20.3 Å². The van der Waals surface area contributed by atoms with E-state index in [0.29, 0.717) is 25.9 Å². The molecule has 0 saturated carbocycles. The van der Waals surface area contributed by atoms with Crippen LogP contribution < -0.4 is 5.32 Å². The van der Waals surface area contributed by atoms with Gasteiger partial charge in [-0.25, -0.2) is 0 Å². The van der Waals surface area contributed by atoms with Crippen molar-refractivity contribution in [1.29, 1.82) is 0 Å². The van der Waals surface area contributed by atoms with Crippen molar-refractivity contribution in [2.45, 2.75) is 398 Å². The van der Waals surface area contributed by atoms with Crippen LogP contribution in [0, 0.1) is 0 Å². The number of amides is 1. The Morgan fingerprint density at radius 1 is 0.365 bits per heavy atom. The minimum Gasteiger partial charge on any atom is -0.466 e. The Morgan fingerprint density at radius 2 is 0.635 bits per heavy atom. The lowest BCUT2D eigenvalue weighted by molar-refractivity contribution is -0.143. The maximum absolute atomic E-state index is 12.5. The summed E-state index contributed by atoms with van der Waals surface area (Å²) >= 11 is 0. The van der Waals surface area contributed by atoms with E-state index in [2.05, 4.69) is 31.3 Å².